The van der Waals surface area contributed by atoms with Crippen molar-refractivity contribution < 1.29 is 18.3 Å². The van der Waals surface area contributed by atoms with Gasteiger partial charge in [-0.05, 0) is 32.4 Å². The van der Waals surface area contributed by atoms with Crippen molar-refractivity contribution in [3.05, 3.63) is 35.8 Å². The molecule has 0 aliphatic carbocycles. The number of fused-ring (bicyclic) bond motifs is 1. The van der Waals surface area contributed by atoms with E-state index in [4.69, 9.17) is 9.84 Å². The third kappa shape index (κ3) is 4.40. The summed E-state index contributed by atoms with van der Waals surface area (Å²) in [5, 5.41) is 8.21. The van der Waals surface area contributed by atoms with Gasteiger partial charge in [-0.1, -0.05) is 0 Å². The molecular formula is C22H26F2N6O2. The SMILES string of the molecule is CCO[C@H]1CCN(c2nn(-c3cc(C)nc(C(C)(F)F)c3)c3cc(NC(C)=O)ncc23)C1. The number of halogens is 2. The highest BCUT2D eigenvalue weighted by Gasteiger charge is 2.29. The molecule has 1 aliphatic rings. The Morgan fingerprint density at radius 3 is 2.81 bits per heavy atom. The number of carbonyl (C=O) groups excluding carboxylic acids is 1. The summed E-state index contributed by atoms with van der Waals surface area (Å²) in [6.45, 7) is 7.94. The lowest BCUT2D eigenvalue weighted by atomic mass is 10.2. The average Bonchev–Trinajstić information content (AvgIpc) is 3.31. The van der Waals surface area contributed by atoms with Gasteiger partial charge in [0, 0.05) is 51.5 Å². The molecule has 0 bridgehead atoms. The summed E-state index contributed by atoms with van der Waals surface area (Å²) in [7, 11) is 0. The topological polar surface area (TPSA) is 85.2 Å². The van der Waals surface area contributed by atoms with Crippen LogP contribution in [-0.2, 0) is 15.5 Å². The number of aromatic nitrogens is 4. The van der Waals surface area contributed by atoms with Gasteiger partial charge < -0.3 is 15.0 Å². The number of nitrogens with zero attached hydrogens (tertiary/aromatic N) is 5. The van der Waals surface area contributed by atoms with E-state index in [1.165, 1.54) is 13.0 Å². The molecule has 0 radical (unpaired) electrons. The number of carbonyl (C=O) groups is 1. The van der Waals surface area contributed by atoms with Crippen molar-refractivity contribution >= 4 is 28.4 Å². The summed E-state index contributed by atoms with van der Waals surface area (Å²) >= 11 is 0. The van der Waals surface area contributed by atoms with E-state index in [1.807, 2.05) is 6.92 Å². The monoisotopic (exact) mass is 444 g/mol. The Balaban J connectivity index is 1.86. The minimum atomic E-state index is -3.09. The van der Waals surface area contributed by atoms with Gasteiger partial charge in [-0.2, -0.15) is 8.78 Å². The molecule has 3 aromatic heterocycles. The van der Waals surface area contributed by atoms with Crippen LogP contribution in [0, 0.1) is 6.92 Å². The number of rotatable bonds is 6. The van der Waals surface area contributed by atoms with E-state index in [-0.39, 0.29) is 17.7 Å². The van der Waals surface area contributed by atoms with Crippen molar-refractivity contribution in [3.8, 4) is 5.69 Å². The first-order chi connectivity index (χ1) is 15.2. The zero-order valence-corrected chi connectivity index (χ0v) is 18.5. The van der Waals surface area contributed by atoms with E-state index >= 15 is 0 Å². The van der Waals surface area contributed by atoms with Crippen LogP contribution >= 0.6 is 0 Å². The number of ether oxygens (including phenoxy) is 1. The minimum absolute atomic E-state index is 0.111. The van der Waals surface area contributed by atoms with E-state index in [0.717, 1.165) is 25.3 Å². The fraction of sp³-hybridized carbons (Fsp3) is 0.455. The fourth-order valence-electron chi connectivity index (χ4n) is 3.96. The zero-order valence-electron chi connectivity index (χ0n) is 18.5. The molecule has 0 aromatic carbocycles. The van der Waals surface area contributed by atoms with Gasteiger partial charge in [0.15, 0.2) is 5.82 Å². The van der Waals surface area contributed by atoms with Gasteiger partial charge in [-0.15, -0.1) is 5.10 Å². The zero-order chi connectivity index (χ0) is 23.0. The van der Waals surface area contributed by atoms with Crippen LogP contribution in [-0.4, -0.2) is 51.5 Å². The Kier molecular flexibility index (Phi) is 5.81. The third-order valence-corrected chi connectivity index (χ3v) is 5.33. The quantitative estimate of drug-likeness (QED) is 0.622. The van der Waals surface area contributed by atoms with Crippen LogP contribution in [0.15, 0.2) is 24.4 Å². The molecule has 1 saturated heterocycles. The first-order valence-corrected chi connectivity index (χ1v) is 10.6. The summed E-state index contributed by atoms with van der Waals surface area (Å²) in [5.74, 6) is -2.29. The Bertz CT molecular complexity index is 1160. The molecule has 4 heterocycles. The minimum Gasteiger partial charge on any atom is -0.377 e. The van der Waals surface area contributed by atoms with Crippen molar-refractivity contribution in [1.29, 1.82) is 0 Å². The Hall–Kier alpha value is -3.14. The van der Waals surface area contributed by atoms with Crippen LogP contribution in [0.2, 0.25) is 0 Å². The molecule has 1 amide bonds. The molecular weight excluding hydrogens is 418 g/mol. The molecule has 0 unspecified atom stereocenters. The van der Waals surface area contributed by atoms with Crippen LogP contribution < -0.4 is 10.2 Å². The molecule has 170 valence electrons. The number of alkyl halides is 2. The van der Waals surface area contributed by atoms with E-state index in [1.54, 1.807) is 29.9 Å². The van der Waals surface area contributed by atoms with Crippen LogP contribution in [0.25, 0.3) is 16.6 Å². The van der Waals surface area contributed by atoms with Crippen molar-refractivity contribution in [3.63, 3.8) is 0 Å². The predicted molar refractivity (Wildman–Crippen MR) is 118 cm³/mol. The summed E-state index contributed by atoms with van der Waals surface area (Å²) < 4.78 is 35.5. The molecule has 10 heteroatoms. The van der Waals surface area contributed by atoms with Crippen LogP contribution in [0.4, 0.5) is 20.4 Å². The molecule has 8 nitrogen and oxygen atoms in total. The lowest BCUT2D eigenvalue weighted by Crippen LogP contribution is -2.23. The van der Waals surface area contributed by atoms with Gasteiger partial charge in [0.2, 0.25) is 5.91 Å². The average molecular weight is 444 g/mol. The molecule has 4 rings (SSSR count). The molecule has 32 heavy (non-hydrogen) atoms. The second kappa shape index (κ2) is 8.42. The highest BCUT2D eigenvalue weighted by atomic mass is 19.3. The van der Waals surface area contributed by atoms with Gasteiger partial charge in [0.25, 0.3) is 5.92 Å². The number of hydrogen-bond donors (Lipinski definition) is 1. The second-order valence-electron chi connectivity index (χ2n) is 8.06. The smallest absolute Gasteiger partial charge is 0.287 e. The maximum absolute atomic E-state index is 14.0. The van der Waals surface area contributed by atoms with E-state index in [0.29, 0.717) is 41.7 Å². The maximum Gasteiger partial charge on any atom is 0.287 e. The Morgan fingerprint density at radius 1 is 1.34 bits per heavy atom. The number of amides is 1. The first-order valence-electron chi connectivity index (χ1n) is 10.6. The van der Waals surface area contributed by atoms with Crippen molar-refractivity contribution in [1.82, 2.24) is 19.7 Å². The highest BCUT2D eigenvalue weighted by Crippen LogP contribution is 2.33. The molecule has 0 spiro atoms. The summed E-state index contributed by atoms with van der Waals surface area (Å²) in [4.78, 5) is 22.0. The summed E-state index contributed by atoms with van der Waals surface area (Å²) in [6, 6.07) is 4.74. The van der Waals surface area contributed by atoms with E-state index in [2.05, 4.69) is 20.2 Å². The van der Waals surface area contributed by atoms with E-state index < -0.39 is 5.92 Å². The normalized spacial score (nSPS) is 16.7. The largest absolute Gasteiger partial charge is 0.377 e. The lowest BCUT2D eigenvalue weighted by molar-refractivity contribution is -0.114. The Labute approximate surface area is 184 Å². The van der Waals surface area contributed by atoms with Gasteiger partial charge >= 0.3 is 0 Å². The molecule has 0 saturated carbocycles. The fourth-order valence-corrected chi connectivity index (χ4v) is 3.96. The standard InChI is InChI=1S/C22H26F2N6O2/c1-5-32-16-6-7-29(12-16)21-17-11-25-20(27-14(3)31)10-18(17)30(28-21)15-8-13(2)26-19(9-15)22(4,23)24/h8-11,16H,5-7,12H2,1-4H3,(H,25,27,31)/t16-/m0/s1. The van der Waals surface area contributed by atoms with Crippen LogP contribution in [0.3, 0.4) is 0 Å². The number of pyridine rings is 2. The van der Waals surface area contributed by atoms with Crippen LogP contribution in [0.1, 0.15) is 38.6 Å². The summed E-state index contributed by atoms with van der Waals surface area (Å²) in [5.41, 5.74) is 1.24. The Morgan fingerprint density at radius 2 is 2.12 bits per heavy atom. The number of aryl methyl sites for hydroxylation is 1. The van der Waals surface area contributed by atoms with Gasteiger partial charge in [0.05, 0.1) is 22.7 Å². The van der Waals surface area contributed by atoms with E-state index in [9.17, 15) is 13.6 Å². The number of hydrogen-bond acceptors (Lipinski definition) is 6. The highest BCUT2D eigenvalue weighted by molar-refractivity contribution is 5.95. The molecule has 1 atom stereocenters. The second-order valence-corrected chi connectivity index (χ2v) is 8.06. The van der Waals surface area contributed by atoms with Crippen molar-refractivity contribution in [2.24, 2.45) is 0 Å². The predicted octanol–water partition coefficient (Wildman–Crippen LogP) is 3.81. The summed E-state index contributed by atoms with van der Waals surface area (Å²) in [6.07, 6.45) is 2.64. The van der Waals surface area contributed by atoms with Crippen molar-refractivity contribution in [2.45, 2.75) is 46.1 Å². The van der Waals surface area contributed by atoms with Gasteiger partial charge in [-0.25, -0.2) is 9.67 Å². The molecule has 1 N–H and O–H groups in total. The molecule has 3 aromatic rings. The lowest BCUT2D eigenvalue weighted by Gasteiger charge is -2.16. The third-order valence-electron chi connectivity index (χ3n) is 5.33. The number of nitrogens with one attached hydrogen (secondary N) is 1. The maximum atomic E-state index is 14.0. The van der Waals surface area contributed by atoms with Gasteiger partial charge in [-0.3, -0.25) is 9.78 Å². The van der Waals surface area contributed by atoms with Gasteiger partial charge in [0.1, 0.15) is 11.5 Å². The first kappa shape index (κ1) is 22.1. The van der Waals surface area contributed by atoms with Crippen molar-refractivity contribution in [2.75, 3.05) is 29.9 Å². The van der Waals surface area contributed by atoms with Crippen LogP contribution in [0.5, 0.6) is 0 Å². The molecule has 1 fully saturated rings. The number of anilines is 2. The molecule has 1 aliphatic heterocycles.